The highest BCUT2D eigenvalue weighted by Gasteiger charge is 2.23. The fraction of sp³-hybridized carbons (Fsp3) is 0.235. The number of aromatic nitrogens is 3. The average molecular weight is 343 g/mol. The molecule has 122 valence electrons. The monoisotopic (exact) mass is 342 g/mol. The lowest BCUT2D eigenvalue weighted by Gasteiger charge is -2.09. The van der Waals surface area contributed by atoms with Crippen LogP contribution < -0.4 is 5.32 Å². The van der Waals surface area contributed by atoms with Crippen LogP contribution in [0.15, 0.2) is 42.5 Å². The zero-order valence-electron chi connectivity index (χ0n) is 12.8. The molecule has 0 saturated carbocycles. The lowest BCUT2D eigenvalue weighted by atomic mass is 10.2. The predicted octanol–water partition coefficient (Wildman–Crippen LogP) is 3.19. The number of amides is 1. The van der Waals surface area contributed by atoms with Crippen LogP contribution in [0.5, 0.6) is 0 Å². The van der Waals surface area contributed by atoms with Crippen LogP contribution in [0.1, 0.15) is 12.8 Å². The smallest absolute Gasteiger partial charge is 0.253 e. The number of carbonyl (C=O) groups excluding carboxylic acids is 1. The molecule has 0 bridgehead atoms. The molecule has 2 heterocycles. The van der Waals surface area contributed by atoms with Gasteiger partial charge in [-0.25, -0.2) is 0 Å². The van der Waals surface area contributed by atoms with Gasteiger partial charge in [-0.05, 0) is 55.3 Å². The number of fused-ring (bicyclic) bond motifs is 1. The molecular weight excluding hydrogens is 328 g/mol. The second-order valence-corrected chi connectivity index (χ2v) is 6.10. The zero-order chi connectivity index (χ0) is 16.5. The summed E-state index contributed by atoms with van der Waals surface area (Å²) in [5.74, 6) is -0.114. The van der Waals surface area contributed by atoms with Gasteiger partial charge in [-0.3, -0.25) is 4.79 Å². The summed E-state index contributed by atoms with van der Waals surface area (Å²) in [5, 5.41) is 12.4. The molecule has 3 aromatic rings. The van der Waals surface area contributed by atoms with Gasteiger partial charge in [0.2, 0.25) is 0 Å². The van der Waals surface area contributed by atoms with Crippen LogP contribution in [0.2, 0.25) is 5.02 Å². The highest BCUT2D eigenvalue weighted by Crippen LogP contribution is 2.20. The number of rotatable bonds is 3. The first-order chi connectivity index (χ1) is 11.7. The number of nitrogens with zero attached hydrogens (tertiary/aromatic N) is 3. The highest BCUT2D eigenvalue weighted by molar-refractivity contribution is 6.30. The van der Waals surface area contributed by atoms with Crippen molar-refractivity contribution in [3.8, 4) is 5.69 Å². The minimum Gasteiger partial charge on any atom is -0.368 e. The van der Waals surface area contributed by atoms with Gasteiger partial charge < -0.3 is 10.1 Å². The summed E-state index contributed by atoms with van der Waals surface area (Å²) >= 11 is 5.90. The predicted molar refractivity (Wildman–Crippen MR) is 91.5 cm³/mol. The van der Waals surface area contributed by atoms with Crippen molar-refractivity contribution in [2.45, 2.75) is 18.9 Å². The maximum Gasteiger partial charge on any atom is 0.253 e. The SMILES string of the molecule is O=C(Nc1ccc2nn(-c3ccc(Cl)cc3)nc2c1)C1CCCO1. The van der Waals surface area contributed by atoms with Crippen molar-refractivity contribution < 1.29 is 9.53 Å². The van der Waals surface area contributed by atoms with E-state index in [1.54, 1.807) is 16.9 Å². The maximum atomic E-state index is 12.1. The summed E-state index contributed by atoms with van der Waals surface area (Å²) in [6.45, 7) is 0.645. The number of anilines is 1. The minimum atomic E-state index is -0.356. The lowest BCUT2D eigenvalue weighted by molar-refractivity contribution is -0.124. The molecular formula is C17H15ClN4O2. The molecule has 1 fully saturated rings. The molecule has 0 aliphatic carbocycles. The van der Waals surface area contributed by atoms with Crippen LogP contribution in [0.25, 0.3) is 16.7 Å². The molecule has 1 aromatic heterocycles. The number of benzene rings is 2. The van der Waals surface area contributed by atoms with Gasteiger partial charge in [0.1, 0.15) is 17.1 Å². The first-order valence-electron chi connectivity index (χ1n) is 7.74. The summed E-state index contributed by atoms with van der Waals surface area (Å²) in [4.78, 5) is 13.7. The maximum absolute atomic E-state index is 12.1. The Labute approximate surface area is 143 Å². The third-order valence-electron chi connectivity index (χ3n) is 3.93. The highest BCUT2D eigenvalue weighted by atomic mass is 35.5. The van der Waals surface area contributed by atoms with E-state index in [9.17, 15) is 4.79 Å². The van der Waals surface area contributed by atoms with E-state index in [-0.39, 0.29) is 12.0 Å². The van der Waals surface area contributed by atoms with Gasteiger partial charge in [-0.1, -0.05) is 11.6 Å². The fourth-order valence-electron chi connectivity index (χ4n) is 2.69. The van der Waals surface area contributed by atoms with Crippen LogP contribution >= 0.6 is 11.6 Å². The van der Waals surface area contributed by atoms with Gasteiger partial charge in [-0.15, -0.1) is 10.2 Å². The Bertz CT molecular complexity index is 885. The van der Waals surface area contributed by atoms with Crippen molar-refractivity contribution in [2.75, 3.05) is 11.9 Å². The second-order valence-electron chi connectivity index (χ2n) is 5.66. The minimum absolute atomic E-state index is 0.114. The molecule has 1 aliphatic heterocycles. The number of hydrogen-bond acceptors (Lipinski definition) is 4. The average Bonchev–Trinajstić information content (AvgIpc) is 3.24. The van der Waals surface area contributed by atoms with E-state index >= 15 is 0 Å². The molecule has 1 aliphatic rings. The quantitative estimate of drug-likeness (QED) is 0.793. The fourth-order valence-corrected chi connectivity index (χ4v) is 2.82. The van der Waals surface area contributed by atoms with Crippen molar-refractivity contribution in [2.24, 2.45) is 0 Å². The Hall–Kier alpha value is -2.44. The van der Waals surface area contributed by atoms with Crippen LogP contribution in [0.3, 0.4) is 0 Å². The third kappa shape index (κ3) is 2.98. The Morgan fingerprint density at radius 3 is 2.71 bits per heavy atom. The molecule has 6 nitrogen and oxygen atoms in total. The molecule has 1 unspecified atom stereocenters. The van der Waals surface area contributed by atoms with Crippen molar-refractivity contribution in [3.63, 3.8) is 0 Å². The first-order valence-corrected chi connectivity index (χ1v) is 8.12. The topological polar surface area (TPSA) is 69.0 Å². The number of halogens is 1. The summed E-state index contributed by atoms with van der Waals surface area (Å²) in [6, 6.07) is 12.7. The lowest BCUT2D eigenvalue weighted by Crippen LogP contribution is -2.26. The summed E-state index contributed by atoms with van der Waals surface area (Å²) in [6.07, 6.45) is 1.33. The normalized spacial score (nSPS) is 17.3. The van der Waals surface area contributed by atoms with E-state index in [1.165, 1.54) is 0 Å². The molecule has 0 radical (unpaired) electrons. The van der Waals surface area contributed by atoms with Gasteiger partial charge in [0.25, 0.3) is 5.91 Å². The third-order valence-corrected chi connectivity index (χ3v) is 4.18. The molecule has 7 heteroatoms. The van der Waals surface area contributed by atoms with Crippen LogP contribution in [0.4, 0.5) is 5.69 Å². The largest absolute Gasteiger partial charge is 0.368 e. The van der Waals surface area contributed by atoms with E-state index in [2.05, 4.69) is 15.5 Å². The number of nitrogens with one attached hydrogen (secondary N) is 1. The zero-order valence-corrected chi connectivity index (χ0v) is 13.5. The number of carbonyl (C=O) groups is 1. The van der Waals surface area contributed by atoms with Crippen LogP contribution in [-0.2, 0) is 9.53 Å². The van der Waals surface area contributed by atoms with Crippen molar-refractivity contribution in [1.29, 1.82) is 0 Å². The van der Waals surface area contributed by atoms with Gasteiger partial charge in [0.15, 0.2) is 0 Å². The van der Waals surface area contributed by atoms with Gasteiger partial charge in [0, 0.05) is 17.3 Å². The van der Waals surface area contributed by atoms with E-state index < -0.39 is 0 Å². The molecule has 1 atom stereocenters. The second kappa shape index (κ2) is 6.22. The Kier molecular flexibility index (Phi) is 3.92. The summed E-state index contributed by atoms with van der Waals surface area (Å²) < 4.78 is 5.39. The van der Waals surface area contributed by atoms with Gasteiger partial charge in [0.05, 0.1) is 5.69 Å². The summed E-state index contributed by atoms with van der Waals surface area (Å²) in [7, 11) is 0. The molecule has 1 amide bonds. The first kappa shape index (κ1) is 15.1. The molecule has 4 rings (SSSR count). The van der Waals surface area contributed by atoms with Crippen molar-refractivity contribution >= 4 is 34.2 Å². The Morgan fingerprint density at radius 2 is 1.96 bits per heavy atom. The van der Waals surface area contributed by atoms with E-state index in [0.29, 0.717) is 22.8 Å². The summed E-state index contributed by atoms with van der Waals surface area (Å²) in [5.41, 5.74) is 2.96. The van der Waals surface area contributed by atoms with E-state index in [1.807, 2.05) is 30.3 Å². The van der Waals surface area contributed by atoms with Crippen LogP contribution in [-0.4, -0.2) is 33.6 Å². The van der Waals surface area contributed by atoms with Crippen molar-refractivity contribution in [1.82, 2.24) is 15.0 Å². The Balaban J connectivity index is 1.58. The van der Waals surface area contributed by atoms with Gasteiger partial charge >= 0.3 is 0 Å². The molecule has 2 aromatic carbocycles. The molecule has 0 spiro atoms. The van der Waals surface area contributed by atoms with E-state index in [0.717, 1.165) is 24.0 Å². The Morgan fingerprint density at radius 1 is 1.17 bits per heavy atom. The van der Waals surface area contributed by atoms with Gasteiger partial charge in [-0.2, -0.15) is 4.80 Å². The molecule has 1 saturated heterocycles. The number of ether oxygens (including phenoxy) is 1. The number of hydrogen-bond donors (Lipinski definition) is 1. The van der Waals surface area contributed by atoms with Crippen molar-refractivity contribution in [3.05, 3.63) is 47.5 Å². The molecule has 24 heavy (non-hydrogen) atoms. The van der Waals surface area contributed by atoms with E-state index in [4.69, 9.17) is 16.3 Å². The van der Waals surface area contributed by atoms with Crippen LogP contribution in [0, 0.1) is 0 Å². The molecule has 1 N–H and O–H groups in total. The standard InChI is InChI=1S/C17H15ClN4O2/c18-11-3-6-13(7-4-11)22-20-14-8-5-12(10-15(14)21-22)19-17(23)16-2-1-9-24-16/h3-8,10,16H,1-2,9H2,(H,19,23).